The zero-order valence-corrected chi connectivity index (χ0v) is 26.9. The number of nitrogens with zero attached hydrogens (tertiary/aromatic N) is 2. The van der Waals surface area contributed by atoms with Crippen molar-refractivity contribution in [3.05, 3.63) is 95.6 Å². The molecule has 3 aromatic carbocycles. The third-order valence-electron chi connectivity index (χ3n) is 9.12. The summed E-state index contributed by atoms with van der Waals surface area (Å²) in [5, 5.41) is 12.5. The number of carbonyl (C=O) groups excluding carboxylic acids is 1. The Kier molecular flexibility index (Phi) is 10.9. The van der Waals surface area contributed by atoms with Crippen LogP contribution in [-0.2, 0) is 26.0 Å². The normalized spacial score (nSPS) is 20.8. The smallest absolute Gasteiger partial charge is 0.407 e. The standard InChI is InChI=1S/C34H40F2N4O6S/c1-22-20-39(34(42)43)21-26(40(22)47(44,45)27-6-3-2-4-7-27)14-15-28-29(36)8-5-9-30(28)38-33(41)32(37)31(24-16-18-46-19-17-24)23-10-12-25(35)13-11-23/h2-13,22,24,26,31-32H,14-21,37H2,1H3,(H,38,41)(H,42,43)/t22?,26?,31-,32-/m0/s1. The minimum Gasteiger partial charge on any atom is -0.465 e. The molecule has 2 saturated heterocycles. The van der Waals surface area contributed by atoms with E-state index in [1.165, 1.54) is 45.6 Å². The molecule has 0 radical (unpaired) electrons. The van der Waals surface area contributed by atoms with Crippen LogP contribution in [0, 0.1) is 17.6 Å². The molecule has 0 saturated carbocycles. The van der Waals surface area contributed by atoms with Gasteiger partial charge in [-0.1, -0.05) is 36.4 Å². The number of amides is 2. The van der Waals surface area contributed by atoms with Crippen molar-refractivity contribution in [2.24, 2.45) is 11.7 Å². The number of ether oxygens (including phenoxy) is 1. The number of carboxylic acid groups (broad SMARTS) is 1. The number of halogens is 2. The van der Waals surface area contributed by atoms with E-state index < -0.39 is 57.7 Å². The first-order valence-electron chi connectivity index (χ1n) is 15.7. The molecule has 10 nitrogen and oxygen atoms in total. The Morgan fingerprint density at radius 2 is 1.68 bits per heavy atom. The fraction of sp³-hybridized carbons (Fsp3) is 0.412. The molecule has 252 valence electrons. The van der Waals surface area contributed by atoms with Gasteiger partial charge in [-0.3, -0.25) is 4.79 Å². The molecule has 0 spiro atoms. The van der Waals surface area contributed by atoms with Crippen molar-refractivity contribution >= 4 is 27.7 Å². The summed E-state index contributed by atoms with van der Waals surface area (Å²) in [5.74, 6) is -2.00. The highest BCUT2D eigenvalue weighted by molar-refractivity contribution is 7.89. The van der Waals surface area contributed by atoms with Crippen LogP contribution in [0.15, 0.2) is 77.7 Å². The Balaban J connectivity index is 1.39. The molecular weight excluding hydrogens is 630 g/mol. The van der Waals surface area contributed by atoms with Crippen LogP contribution in [0.4, 0.5) is 19.3 Å². The zero-order valence-electron chi connectivity index (χ0n) is 26.1. The number of carbonyl (C=O) groups is 2. The summed E-state index contributed by atoms with van der Waals surface area (Å²) in [6, 6.07) is 15.5. The first kappa shape index (κ1) is 34.4. The molecule has 2 heterocycles. The Labute approximate surface area is 273 Å². The molecule has 2 amide bonds. The van der Waals surface area contributed by atoms with Crippen molar-refractivity contribution < 1.29 is 36.6 Å². The predicted octanol–water partition coefficient (Wildman–Crippen LogP) is 4.82. The molecule has 2 fully saturated rings. The average molecular weight is 671 g/mol. The lowest BCUT2D eigenvalue weighted by atomic mass is 9.76. The second kappa shape index (κ2) is 14.9. The number of hydrogen-bond donors (Lipinski definition) is 3. The molecular formula is C34H40F2N4O6S. The van der Waals surface area contributed by atoms with Gasteiger partial charge in [0.2, 0.25) is 15.9 Å². The molecule has 4 N–H and O–H groups in total. The fourth-order valence-electron chi connectivity index (χ4n) is 6.84. The summed E-state index contributed by atoms with van der Waals surface area (Å²) in [7, 11) is -4.01. The second-order valence-corrected chi connectivity index (χ2v) is 14.0. The second-order valence-electron chi connectivity index (χ2n) is 12.2. The Morgan fingerprint density at radius 1 is 1.00 bits per heavy atom. The van der Waals surface area contributed by atoms with E-state index >= 15 is 4.39 Å². The molecule has 2 aliphatic heterocycles. The highest BCUT2D eigenvalue weighted by Crippen LogP contribution is 2.35. The largest absolute Gasteiger partial charge is 0.465 e. The van der Waals surface area contributed by atoms with Crippen LogP contribution in [0.25, 0.3) is 0 Å². The highest BCUT2D eigenvalue weighted by Gasteiger charge is 2.42. The van der Waals surface area contributed by atoms with Gasteiger partial charge in [-0.05, 0) is 80.5 Å². The van der Waals surface area contributed by atoms with E-state index in [0.717, 1.165) is 5.56 Å². The van der Waals surface area contributed by atoms with Crippen molar-refractivity contribution in [3.63, 3.8) is 0 Å². The summed E-state index contributed by atoms with van der Waals surface area (Å²) in [4.78, 5) is 26.9. The van der Waals surface area contributed by atoms with E-state index in [4.69, 9.17) is 10.5 Å². The summed E-state index contributed by atoms with van der Waals surface area (Å²) < 4.78 is 63.5. The number of hydrogen-bond acceptors (Lipinski definition) is 6. The summed E-state index contributed by atoms with van der Waals surface area (Å²) in [6.07, 6.45) is 0.251. The first-order chi connectivity index (χ1) is 22.5. The minimum absolute atomic E-state index is 0.00450. The van der Waals surface area contributed by atoms with Crippen LogP contribution in [0.3, 0.4) is 0 Å². The van der Waals surface area contributed by atoms with E-state index in [9.17, 15) is 27.5 Å². The van der Waals surface area contributed by atoms with Gasteiger partial charge >= 0.3 is 6.09 Å². The molecule has 3 aromatic rings. The van der Waals surface area contributed by atoms with Gasteiger partial charge in [-0.2, -0.15) is 4.31 Å². The number of benzene rings is 3. The van der Waals surface area contributed by atoms with Gasteiger partial charge in [-0.25, -0.2) is 22.0 Å². The molecule has 5 rings (SSSR count). The molecule has 2 aliphatic rings. The SMILES string of the molecule is CC1CN(C(=O)O)CC(CCc2c(F)cccc2NC(=O)[C@@H](N)[C@@H](c2ccc(F)cc2)C2CCOCC2)N1S(=O)(=O)c1ccccc1. The van der Waals surface area contributed by atoms with Crippen LogP contribution in [-0.4, -0.2) is 79.2 Å². The molecule has 2 unspecified atom stereocenters. The van der Waals surface area contributed by atoms with Gasteiger partial charge in [0.15, 0.2) is 0 Å². The van der Waals surface area contributed by atoms with Crippen molar-refractivity contribution in [1.82, 2.24) is 9.21 Å². The molecule has 0 aromatic heterocycles. The van der Waals surface area contributed by atoms with Crippen LogP contribution in [0.5, 0.6) is 0 Å². The molecule has 4 atom stereocenters. The lowest BCUT2D eigenvalue weighted by Crippen LogP contribution is -2.60. The lowest BCUT2D eigenvalue weighted by molar-refractivity contribution is -0.118. The monoisotopic (exact) mass is 670 g/mol. The molecule has 0 aliphatic carbocycles. The van der Waals surface area contributed by atoms with Crippen LogP contribution < -0.4 is 11.1 Å². The van der Waals surface area contributed by atoms with Crippen LogP contribution in [0.2, 0.25) is 0 Å². The number of nitrogens with two attached hydrogens (primary N) is 1. The van der Waals surface area contributed by atoms with E-state index in [1.807, 2.05) is 0 Å². The van der Waals surface area contributed by atoms with Crippen LogP contribution >= 0.6 is 0 Å². The predicted molar refractivity (Wildman–Crippen MR) is 172 cm³/mol. The quantitative estimate of drug-likeness (QED) is 0.281. The van der Waals surface area contributed by atoms with Crippen molar-refractivity contribution in [2.75, 3.05) is 31.6 Å². The number of sulfonamides is 1. The van der Waals surface area contributed by atoms with E-state index in [2.05, 4.69) is 5.32 Å². The maximum absolute atomic E-state index is 15.4. The molecule has 47 heavy (non-hydrogen) atoms. The van der Waals surface area contributed by atoms with Gasteiger partial charge in [-0.15, -0.1) is 0 Å². The summed E-state index contributed by atoms with van der Waals surface area (Å²) in [5.41, 5.74) is 7.65. The Morgan fingerprint density at radius 3 is 2.34 bits per heavy atom. The maximum atomic E-state index is 15.4. The first-order valence-corrected chi connectivity index (χ1v) is 17.1. The van der Waals surface area contributed by atoms with E-state index in [-0.39, 0.29) is 48.0 Å². The Hall–Kier alpha value is -3.91. The fourth-order valence-corrected chi connectivity index (χ4v) is 8.69. The molecule has 13 heteroatoms. The number of rotatable bonds is 10. The van der Waals surface area contributed by atoms with Gasteiger partial charge < -0.3 is 25.8 Å². The van der Waals surface area contributed by atoms with Crippen molar-refractivity contribution in [1.29, 1.82) is 0 Å². The zero-order chi connectivity index (χ0) is 33.7. The van der Waals surface area contributed by atoms with Gasteiger partial charge in [0.05, 0.1) is 10.9 Å². The van der Waals surface area contributed by atoms with Crippen molar-refractivity contribution in [3.8, 4) is 0 Å². The number of piperazine rings is 1. The van der Waals surface area contributed by atoms with Crippen LogP contribution in [0.1, 0.15) is 43.2 Å². The van der Waals surface area contributed by atoms with Gasteiger partial charge in [0.1, 0.15) is 11.6 Å². The number of nitrogens with one attached hydrogen (secondary N) is 1. The summed E-state index contributed by atoms with van der Waals surface area (Å²) >= 11 is 0. The topological polar surface area (TPSA) is 142 Å². The van der Waals surface area contributed by atoms with E-state index in [0.29, 0.717) is 26.1 Å². The van der Waals surface area contributed by atoms with E-state index in [1.54, 1.807) is 43.3 Å². The highest BCUT2D eigenvalue weighted by atomic mass is 32.2. The number of anilines is 1. The molecule has 0 bridgehead atoms. The van der Waals surface area contributed by atoms with Gasteiger partial charge in [0, 0.05) is 55.6 Å². The van der Waals surface area contributed by atoms with Crippen molar-refractivity contribution in [2.45, 2.75) is 61.5 Å². The maximum Gasteiger partial charge on any atom is 0.407 e. The summed E-state index contributed by atoms with van der Waals surface area (Å²) in [6.45, 7) is 2.56. The minimum atomic E-state index is -4.01. The Bertz CT molecular complexity index is 1650. The average Bonchev–Trinajstić information content (AvgIpc) is 3.06. The van der Waals surface area contributed by atoms with Gasteiger partial charge in [0.25, 0.3) is 0 Å². The third-order valence-corrected chi connectivity index (χ3v) is 11.2. The lowest BCUT2D eigenvalue weighted by Gasteiger charge is -2.43. The third kappa shape index (κ3) is 7.81.